The molecule has 0 aliphatic rings. The van der Waals surface area contributed by atoms with Gasteiger partial charge in [0.1, 0.15) is 0 Å². The second kappa shape index (κ2) is 6.87. The first-order chi connectivity index (χ1) is 7.42. The minimum atomic E-state index is -0.0517. The van der Waals surface area contributed by atoms with E-state index in [1.165, 1.54) is 11.1 Å². The Morgan fingerprint density at radius 1 is 0.812 bits per heavy atom. The van der Waals surface area contributed by atoms with Crippen LogP contribution in [0, 0.1) is 0 Å². The van der Waals surface area contributed by atoms with Gasteiger partial charge in [0.2, 0.25) is 0 Å². The summed E-state index contributed by atoms with van der Waals surface area (Å²) in [5.74, 6) is 0. The molecule has 0 atom stereocenters. The van der Waals surface area contributed by atoms with E-state index in [0.717, 1.165) is 5.56 Å². The smallest absolute Gasteiger partial charge is 0.854 e. The molecule has 0 aromatic heterocycles. The van der Waals surface area contributed by atoms with E-state index in [1.807, 2.05) is 36.4 Å². The van der Waals surface area contributed by atoms with Gasteiger partial charge in [0.15, 0.2) is 0 Å². The van der Waals surface area contributed by atoms with E-state index in [1.54, 1.807) is 0 Å². The van der Waals surface area contributed by atoms with Gasteiger partial charge in [0.05, 0.1) is 0 Å². The van der Waals surface area contributed by atoms with E-state index >= 15 is 0 Å². The Kier molecular flexibility index (Phi) is 5.78. The van der Waals surface area contributed by atoms with Gasteiger partial charge in [0.25, 0.3) is 0 Å². The van der Waals surface area contributed by atoms with Gasteiger partial charge in [-0.3, -0.25) is 0 Å². The molecule has 16 heavy (non-hydrogen) atoms. The fraction of sp³-hybridized carbons (Fsp3) is 0.143. The molecule has 0 fully saturated rings. The molecular weight excluding hydrogens is 207 g/mol. The minimum absolute atomic E-state index is 0. The topological polar surface area (TPSA) is 23.1 Å². The van der Waals surface area contributed by atoms with Crippen LogP contribution in [-0.2, 0) is 6.42 Å². The molecule has 0 unspecified atom stereocenters. The van der Waals surface area contributed by atoms with Crippen LogP contribution in [0.15, 0.2) is 54.6 Å². The summed E-state index contributed by atoms with van der Waals surface area (Å²) in [6.07, 6.45) is 0.602. The fourth-order valence-electron chi connectivity index (χ4n) is 1.75. The zero-order chi connectivity index (χ0) is 10.5. The van der Waals surface area contributed by atoms with Crippen molar-refractivity contribution in [3.05, 3.63) is 60.2 Å². The normalized spacial score (nSPS) is 9.56. The van der Waals surface area contributed by atoms with Crippen LogP contribution >= 0.6 is 0 Å². The maximum absolute atomic E-state index is 10.7. The molecule has 0 aliphatic heterocycles. The van der Waals surface area contributed by atoms with Gasteiger partial charge in [-0.2, -0.15) is 0 Å². The van der Waals surface area contributed by atoms with Crippen LogP contribution in [-0.4, -0.2) is 6.61 Å². The molecule has 76 valence electrons. The van der Waals surface area contributed by atoms with E-state index in [9.17, 15) is 5.11 Å². The van der Waals surface area contributed by atoms with E-state index in [4.69, 9.17) is 0 Å². The van der Waals surface area contributed by atoms with Crippen LogP contribution in [0.2, 0.25) is 0 Å². The SMILES string of the molecule is [Na+].[O-]CCc1ccccc1-c1ccccc1. The van der Waals surface area contributed by atoms with Crippen molar-refractivity contribution in [2.75, 3.05) is 6.61 Å². The van der Waals surface area contributed by atoms with Crippen molar-refractivity contribution >= 4 is 0 Å². The number of rotatable bonds is 3. The zero-order valence-electron chi connectivity index (χ0n) is 9.52. The number of hydrogen-bond acceptors (Lipinski definition) is 1. The van der Waals surface area contributed by atoms with Crippen LogP contribution in [0.25, 0.3) is 11.1 Å². The molecule has 0 amide bonds. The zero-order valence-corrected chi connectivity index (χ0v) is 11.5. The van der Waals surface area contributed by atoms with Crippen LogP contribution in [0.3, 0.4) is 0 Å². The van der Waals surface area contributed by atoms with Gasteiger partial charge in [-0.05, 0) is 23.1 Å². The van der Waals surface area contributed by atoms with Crippen molar-refractivity contribution in [3.63, 3.8) is 0 Å². The van der Waals surface area contributed by atoms with E-state index < -0.39 is 0 Å². The average Bonchev–Trinajstić information content (AvgIpc) is 2.31. The molecule has 2 rings (SSSR count). The quantitative estimate of drug-likeness (QED) is 0.625. The Morgan fingerprint density at radius 2 is 1.44 bits per heavy atom. The Balaban J connectivity index is 0.00000128. The average molecular weight is 220 g/mol. The molecule has 0 radical (unpaired) electrons. The van der Waals surface area contributed by atoms with Gasteiger partial charge in [-0.1, -0.05) is 54.6 Å². The third-order valence-corrected chi connectivity index (χ3v) is 2.47. The summed E-state index contributed by atoms with van der Waals surface area (Å²) in [6, 6.07) is 18.3. The molecule has 2 heteroatoms. The maximum Gasteiger partial charge on any atom is 1.00 e. The molecule has 2 aromatic rings. The third-order valence-electron chi connectivity index (χ3n) is 2.47. The maximum atomic E-state index is 10.7. The molecule has 0 spiro atoms. The van der Waals surface area contributed by atoms with Crippen molar-refractivity contribution in [1.82, 2.24) is 0 Å². The molecule has 0 N–H and O–H groups in total. The first-order valence-electron chi connectivity index (χ1n) is 5.13. The second-order valence-electron chi connectivity index (χ2n) is 3.48. The monoisotopic (exact) mass is 220 g/mol. The van der Waals surface area contributed by atoms with Crippen molar-refractivity contribution < 1.29 is 34.7 Å². The Labute approximate surface area is 118 Å². The van der Waals surface area contributed by atoms with Crippen molar-refractivity contribution in [1.29, 1.82) is 0 Å². The van der Waals surface area contributed by atoms with Gasteiger partial charge < -0.3 is 5.11 Å². The molecule has 1 nitrogen and oxygen atoms in total. The minimum Gasteiger partial charge on any atom is -0.854 e. The molecule has 0 bridgehead atoms. The summed E-state index contributed by atoms with van der Waals surface area (Å²) in [6.45, 7) is -0.0517. The Morgan fingerprint density at radius 3 is 2.12 bits per heavy atom. The third kappa shape index (κ3) is 3.19. The van der Waals surface area contributed by atoms with E-state index in [-0.39, 0.29) is 36.2 Å². The molecule has 0 saturated carbocycles. The van der Waals surface area contributed by atoms with Crippen molar-refractivity contribution in [2.24, 2.45) is 0 Å². The molecular formula is C14H13NaO. The number of hydrogen-bond donors (Lipinski definition) is 0. The summed E-state index contributed by atoms with van der Waals surface area (Å²) >= 11 is 0. The number of benzene rings is 2. The van der Waals surface area contributed by atoms with Crippen LogP contribution < -0.4 is 34.7 Å². The standard InChI is InChI=1S/C14H13O.Na/c15-11-10-13-8-4-5-9-14(13)12-6-2-1-3-7-12;/h1-9H,10-11H2;/q-1;+1. The fourth-order valence-corrected chi connectivity index (χ4v) is 1.75. The van der Waals surface area contributed by atoms with Crippen molar-refractivity contribution in [2.45, 2.75) is 6.42 Å². The van der Waals surface area contributed by atoms with Crippen LogP contribution in [0.1, 0.15) is 5.56 Å². The second-order valence-corrected chi connectivity index (χ2v) is 3.48. The summed E-state index contributed by atoms with van der Waals surface area (Å²) < 4.78 is 0. The molecule has 0 saturated heterocycles. The summed E-state index contributed by atoms with van der Waals surface area (Å²) in [4.78, 5) is 0. The van der Waals surface area contributed by atoms with Gasteiger partial charge >= 0.3 is 29.6 Å². The van der Waals surface area contributed by atoms with E-state index in [2.05, 4.69) is 18.2 Å². The van der Waals surface area contributed by atoms with Crippen LogP contribution in [0.5, 0.6) is 0 Å². The van der Waals surface area contributed by atoms with Gasteiger partial charge in [-0.15, -0.1) is 6.61 Å². The predicted molar refractivity (Wildman–Crippen MR) is 60.4 cm³/mol. The van der Waals surface area contributed by atoms with Crippen LogP contribution in [0.4, 0.5) is 0 Å². The largest absolute Gasteiger partial charge is 1.00 e. The van der Waals surface area contributed by atoms with E-state index in [0.29, 0.717) is 6.42 Å². The molecule has 2 aromatic carbocycles. The first kappa shape index (κ1) is 13.5. The van der Waals surface area contributed by atoms with Gasteiger partial charge in [0, 0.05) is 0 Å². The summed E-state index contributed by atoms with van der Waals surface area (Å²) in [5.41, 5.74) is 3.49. The summed E-state index contributed by atoms with van der Waals surface area (Å²) in [5, 5.41) is 10.7. The Hall–Kier alpha value is -0.600. The predicted octanol–water partition coefficient (Wildman–Crippen LogP) is -0.740. The molecule has 0 heterocycles. The van der Waals surface area contributed by atoms with Gasteiger partial charge in [-0.25, -0.2) is 0 Å². The molecule has 0 aliphatic carbocycles. The first-order valence-corrected chi connectivity index (χ1v) is 5.13. The van der Waals surface area contributed by atoms with Crippen molar-refractivity contribution in [3.8, 4) is 11.1 Å². The summed E-state index contributed by atoms with van der Waals surface area (Å²) in [7, 11) is 0. The Bertz CT molecular complexity index is 426.